The van der Waals surface area contributed by atoms with E-state index in [9.17, 15) is 18.0 Å². The van der Waals surface area contributed by atoms with Crippen molar-refractivity contribution in [2.75, 3.05) is 18.7 Å². The van der Waals surface area contributed by atoms with Gasteiger partial charge in [0.05, 0.1) is 18.4 Å². The summed E-state index contributed by atoms with van der Waals surface area (Å²) in [6.07, 6.45) is -4.51. The van der Waals surface area contributed by atoms with Crippen LogP contribution in [0.5, 0.6) is 0 Å². The summed E-state index contributed by atoms with van der Waals surface area (Å²) in [7, 11) is 1.21. The Morgan fingerprint density at radius 1 is 1.35 bits per heavy atom. The van der Waals surface area contributed by atoms with Gasteiger partial charge in [-0.3, -0.25) is 5.01 Å². The first-order chi connectivity index (χ1) is 9.31. The van der Waals surface area contributed by atoms with Crippen molar-refractivity contribution in [1.29, 1.82) is 0 Å². The van der Waals surface area contributed by atoms with Crippen molar-refractivity contribution < 1.29 is 22.7 Å². The highest BCUT2D eigenvalue weighted by molar-refractivity contribution is 5.96. The highest BCUT2D eigenvalue weighted by Gasteiger charge is 2.33. The summed E-state index contributed by atoms with van der Waals surface area (Å²) in [5.74, 6) is -0.626. The number of carbonyl (C=O) groups is 1. The zero-order valence-electron chi connectivity index (χ0n) is 11.4. The molecule has 0 heterocycles. The first-order valence-corrected chi connectivity index (χ1v) is 5.88. The van der Waals surface area contributed by atoms with Crippen LogP contribution in [0.2, 0.25) is 0 Å². The molecule has 0 N–H and O–H groups in total. The van der Waals surface area contributed by atoms with Crippen LogP contribution in [0.3, 0.4) is 0 Å². The van der Waals surface area contributed by atoms with Crippen LogP contribution in [-0.2, 0) is 4.74 Å². The van der Waals surface area contributed by atoms with Crippen LogP contribution in [-0.4, -0.2) is 31.5 Å². The number of rotatable bonds is 4. The second-order valence-corrected chi connectivity index (χ2v) is 3.91. The van der Waals surface area contributed by atoms with Crippen LogP contribution in [0, 0.1) is 0 Å². The smallest absolute Gasteiger partial charge is 0.430 e. The number of halogens is 3. The lowest BCUT2D eigenvalue weighted by Crippen LogP contribution is -2.27. The molecule has 0 amide bonds. The van der Waals surface area contributed by atoms with Crippen molar-refractivity contribution in [2.45, 2.75) is 20.0 Å². The molecule has 4 nitrogen and oxygen atoms in total. The van der Waals surface area contributed by atoms with Crippen LogP contribution >= 0.6 is 0 Å². The number of methoxy groups -OCH3 is 1. The Morgan fingerprint density at radius 2 is 1.95 bits per heavy atom. The zero-order valence-corrected chi connectivity index (χ0v) is 11.4. The fraction of sp³-hybridized carbons (Fsp3) is 0.385. The van der Waals surface area contributed by atoms with Crippen molar-refractivity contribution in [1.82, 2.24) is 0 Å². The first kappa shape index (κ1) is 16.0. The quantitative estimate of drug-likeness (QED) is 0.485. The van der Waals surface area contributed by atoms with Crippen LogP contribution in [0.25, 0.3) is 0 Å². The number of anilines is 1. The van der Waals surface area contributed by atoms with Gasteiger partial charge in [-0.2, -0.15) is 18.3 Å². The molecular formula is C13H15F3N2O2. The summed E-state index contributed by atoms with van der Waals surface area (Å²) in [4.78, 5) is 11.6. The molecule has 1 aromatic rings. The fourth-order valence-corrected chi connectivity index (χ4v) is 1.51. The highest BCUT2D eigenvalue weighted by Crippen LogP contribution is 2.24. The molecular weight excluding hydrogens is 273 g/mol. The van der Waals surface area contributed by atoms with Crippen molar-refractivity contribution >= 4 is 17.4 Å². The van der Waals surface area contributed by atoms with Gasteiger partial charge in [0.1, 0.15) is 5.71 Å². The number of ether oxygens (including phenoxy) is 1. The normalized spacial score (nSPS) is 12.2. The molecule has 0 fully saturated rings. The van der Waals surface area contributed by atoms with E-state index in [-0.39, 0.29) is 17.8 Å². The number of benzene rings is 1. The van der Waals surface area contributed by atoms with E-state index in [0.717, 1.165) is 11.9 Å². The van der Waals surface area contributed by atoms with E-state index in [1.165, 1.54) is 19.2 Å². The summed E-state index contributed by atoms with van der Waals surface area (Å²) in [5.41, 5.74) is -0.556. The lowest BCUT2D eigenvalue weighted by atomic mass is 10.1. The molecule has 0 aliphatic heterocycles. The number of hydrogen-bond acceptors (Lipinski definition) is 4. The molecule has 7 heteroatoms. The van der Waals surface area contributed by atoms with Gasteiger partial charge in [0.25, 0.3) is 0 Å². The Kier molecular flexibility index (Phi) is 5.12. The first-order valence-electron chi connectivity index (χ1n) is 5.88. The molecule has 0 saturated carbocycles. The Bertz CT molecular complexity index is 513. The maximum absolute atomic E-state index is 12.5. The molecule has 110 valence electrons. The standard InChI is InChI=1S/C13H15F3N2O2/c1-4-18(17-9(2)13(14,15)16)11-8-6-5-7-10(11)12(19)20-3/h5-8H,4H2,1-3H3/b17-9+. The molecule has 20 heavy (non-hydrogen) atoms. The van der Waals surface area contributed by atoms with Crippen LogP contribution in [0.1, 0.15) is 24.2 Å². The minimum atomic E-state index is -4.51. The van der Waals surface area contributed by atoms with Gasteiger partial charge in [-0.05, 0) is 26.0 Å². The summed E-state index contributed by atoms with van der Waals surface area (Å²) in [6, 6.07) is 6.21. The Hall–Kier alpha value is -2.05. The van der Waals surface area contributed by atoms with Crippen molar-refractivity contribution in [2.24, 2.45) is 5.10 Å². The Labute approximate surface area is 114 Å². The SMILES string of the molecule is CCN(/N=C(\C)C(F)(F)F)c1ccccc1C(=O)OC. The van der Waals surface area contributed by atoms with Crippen molar-refractivity contribution in [3.8, 4) is 0 Å². The molecule has 0 saturated heterocycles. The lowest BCUT2D eigenvalue weighted by molar-refractivity contribution is -0.0594. The lowest BCUT2D eigenvalue weighted by Gasteiger charge is -2.21. The maximum Gasteiger partial charge on any atom is 0.430 e. The van der Waals surface area contributed by atoms with Gasteiger partial charge >= 0.3 is 12.1 Å². The third-order valence-electron chi connectivity index (χ3n) is 2.57. The van der Waals surface area contributed by atoms with Crippen molar-refractivity contribution in [3.05, 3.63) is 29.8 Å². The highest BCUT2D eigenvalue weighted by atomic mass is 19.4. The molecule has 0 atom stereocenters. The second-order valence-electron chi connectivity index (χ2n) is 3.91. The van der Waals surface area contributed by atoms with Crippen LogP contribution in [0.4, 0.5) is 18.9 Å². The van der Waals surface area contributed by atoms with E-state index in [4.69, 9.17) is 0 Å². The third kappa shape index (κ3) is 3.72. The van der Waals surface area contributed by atoms with Gasteiger partial charge in [0, 0.05) is 6.54 Å². The van der Waals surface area contributed by atoms with Crippen LogP contribution in [0.15, 0.2) is 29.4 Å². The number of carbonyl (C=O) groups excluding carboxylic acids is 1. The average molecular weight is 288 g/mol. The van der Waals surface area contributed by atoms with E-state index in [0.29, 0.717) is 0 Å². The van der Waals surface area contributed by atoms with Crippen molar-refractivity contribution in [3.63, 3.8) is 0 Å². The Balaban J connectivity index is 3.24. The number of nitrogens with zero attached hydrogens (tertiary/aromatic N) is 2. The summed E-state index contributed by atoms with van der Waals surface area (Å²) in [6.45, 7) is 2.70. The van der Waals surface area contributed by atoms with Gasteiger partial charge in [-0.25, -0.2) is 4.79 Å². The molecule has 0 spiro atoms. The monoisotopic (exact) mass is 288 g/mol. The topological polar surface area (TPSA) is 41.9 Å². The van der Waals surface area contributed by atoms with Gasteiger partial charge in [0.15, 0.2) is 0 Å². The van der Waals surface area contributed by atoms with E-state index in [2.05, 4.69) is 9.84 Å². The molecule has 0 unspecified atom stereocenters. The van der Waals surface area contributed by atoms with E-state index >= 15 is 0 Å². The molecule has 0 aliphatic rings. The van der Waals surface area contributed by atoms with E-state index in [1.54, 1.807) is 19.1 Å². The number of para-hydroxylation sites is 1. The van der Waals surface area contributed by atoms with E-state index in [1.807, 2.05) is 0 Å². The molecule has 0 bridgehead atoms. The van der Waals surface area contributed by atoms with Gasteiger partial charge in [0.2, 0.25) is 0 Å². The summed E-state index contributed by atoms with van der Waals surface area (Å²) >= 11 is 0. The molecule has 1 aromatic carbocycles. The number of esters is 1. The third-order valence-corrected chi connectivity index (χ3v) is 2.57. The number of hydrogen-bond donors (Lipinski definition) is 0. The fourth-order valence-electron chi connectivity index (χ4n) is 1.51. The predicted octanol–water partition coefficient (Wildman–Crippen LogP) is 3.24. The zero-order chi connectivity index (χ0) is 15.3. The number of hydrazone groups is 1. The maximum atomic E-state index is 12.5. The molecule has 1 rings (SSSR count). The minimum Gasteiger partial charge on any atom is -0.465 e. The largest absolute Gasteiger partial charge is 0.465 e. The van der Waals surface area contributed by atoms with E-state index < -0.39 is 17.9 Å². The Morgan fingerprint density at radius 3 is 2.45 bits per heavy atom. The average Bonchev–Trinajstić information content (AvgIpc) is 2.42. The number of alkyl halides is 3. The summed E-state index contributed by atoms with van der Waals surface area (Å²) in [5, 5.41) is 4.65. The van der Waals surface area contributed by atoms with Gasteiger partial charge in [-0.1, -0.05) is 12.1 Å². The van der Waals surface area contributed by atoms with Gasteiger partial charge < -0.3 is 4.74 Å². The minimum absolute atomic E-state index is 0.163. The second kappa shape index (κ2) is 6.40. The molecule has 0 aromatic heterocycles. The summed E-state index contributed by atoms with van der Waals surface area (Å²) < 4.78 is 42.2. The molecule has 0 aliphatic carbocycles. The van der Waals surface area contributed by atoms with Gasteiger partial charge in [-0.15, -0.1) is 0 Å². The molecule has 0 radical (unpaired) electrons. The predicted molar refractivity (Wildman–Crippen MR) is 70.0 cm³/mol. The van der Waals surface area contributed by atoms with Crippen LogP contribution < -0.4 is 5.01 Å².